The van der Waals surface area contributed by atoms with Gasteiger partial charge < -0.3 is 4.90 Å². The van der Waals surface area contributed by atoms with Gasteiger partial charge in [-0.05, 0) is 29.7 Å². The number of hydrogen-bond donors (Lipinski definition) is 0. The normalized spacial score (nSPS) is 13.4. The van der Waals surface area contributed by atoms with Gasteiger partial charge in [-0.25, -0.2) is 0 Å². The van der Waals surface area contributed by atoms with Crippen LogP contribution in [0.1, 0.15) is 50.8 Å². The van der Waals surface area contributed by atoms with Gasteiger partial charge >= 0.3 is 6.18 Å². The van der Waals surface area contributed by atoms with E-state index in [9.17, 15) is 13.2 Å². The molecule has 1 aromatic carbocycles. The number of likely N-dealkylation sites (N-methyl/N-ethyl adjacent to an activating group) is 1. The van der Waals surface area contributed by atoms with E-state index in [1.165, 1.54) is 43.6 Å². The summed E-state index contributed by atoms with van der Waals surface area (Å²) in [5, 5.41) is 3.55. The summed E-state index contributed by atoms with van der Waals surface area (Å²) in [7, 11) is 3.48. The maximum atomic E-state index is 13.0. The van der Waals surface area contributed by atoms with E-state index in [0.717, 1.165) is 24.2 Å². The molecular formula is C20H28F3N3. The molecule has 3 nitrogen and oxygen atoms in total. The predicted octanol–water partition coefficient (Wildman–Crippen LogP) is 5.68. The van der Waals surface area contributed by atoms with Gasteiger partial charge in [-0.2, -0.15) is 18.3 Å². The Morgan fingerprint density at radius 1 is 1.08 bits per heavy atom. The maximum Gasteiger partial charge on any atom is 0.435 e. The molecule has 2 heterocycles. The zero-order valence-corrected chi connectivity index (χ0v) is 16.0. The van der Waals surface area contributed by atoms with Gasteiger partial charge in [0, 0.05) is 38.1 Å². The molecule has 1 aliphatic rings. The molecule has 6 heteroatoms. The second-order valence-electron chi connectivity index (χ2n) is 6.78. The Kier molecular flexibility index (Phi) is 6.73. The van der Waals surface area contributed by atoms with Crippen LogP contribution in [0.4, 0.5) is 18.9 Å². The van der Waals surface area contributed by atoms with Crippen molar-refractivity contribution >= 4 is 5.69 Å². The number of aryl methyl sites for hydroxylation is 1. The number of unbranched alkanes of at least 4 members (excludes halogenated alkanes) is 3. The van der Waals surface area contributed by atoms with Crippen molar-refractivity contribution in [1.82, 2.24) is 9.78 Å². The number of rotatable bonds is 4. The lowest BCUT2D eigenvalue weighted by molar-refractivity contribution is -0.140. The number of alkyl halides is 3. The van der Waals surface area contributed by atoms with Crippen molar-refractivity contribution < 1.29 is 13.2 Å². The van der Waals surface area contributed by atoms with E-state index in [2.05, 4.69) is 23.8 Å². The highest BCUT2D eigenvalue weighted by atomic mass is 19.4. The molecule has 1 aliphatic heterocycles. The minimum atomic E-state index is -4.44. The van der Waals surface area contributed by atoms with Gasteiger partial charge in [0.25, 0.3) is 0 Å². The summed E-state index contributed by atoms with van der Waals surface area (Å²) < 4.78 is 40.2. The average molecular weight is 367 g/mol. The molecule has 0 atom stereocenters. The lowest BCUT2D eigenvalue weighted by atomic mass is 10.0. The molecule has 0 N–H and O–H groups in total. The van der Waals surface area contributed by atoms with Gasteiger partial charge in [-0.3, -0.25) is 4.68 Å². The van der Waals surface area contributed by atoms with Crippen molar-refractivity contribution in [3.63, 3.8) is 0 Å². The van der Waals surface area contributed by atoms with E-state index in [0.29, 0.717) is 5.56 Å². The van der Waals surface area contributed by atoms with Crippen molar-refractivity contribution in [2.24, 2.45) is 7.05 Å². The third-order valence-corrected chi connectivity index (χ3v) is 4.57. The van der Waals surface area contributed by atoms with Crippen LogP contribution in [0.3, 0.4) is 0 Å². The topological polar surface area (TPSA) is 21.1 Å². The Morgan fingerprint density at radius 3 is 2.31 bits per heavy atom. The standard InChI is InChI=1S/C14H14F3N3.C6H14/c1-19-6-5-10-7-9(3-4-12(10)19)11-8-20(2)18-13(11)14(15,16)17;1-3-5-6-4-2/h3-4,7-8H,5-6H2,1-2H3;3-6H2,1-2H3. The van der Waals surface area contributed by atoms with Crippen LogP contribution in [0.15, 0.2) is 24.4 Å². The Bertz CT molecular complexity index is 716. The first-order chi connectivity index (χ1) is 12.3. The van der Waals surface area contributed by atoms with Crippen LogP contribution in [0, 0.1) is 0 Å². The molecule has 2 aromatic rings. The Hall–Kier alpha value is -1.98. The SMILES string of the molecule is CCCCCC.CN1CCc2cc(-c3cn(C)nc3C(F)(F)F)ccc21. The predicted molar refractivity (Wildman–Crippen MR) is 100 cm³/mol. The van der Waals surface area contributed by atoms with Crippen molar-refractivity contribution in [1.29, 1.82) is 0 Å². The molecule has 0 saturated heterocycles. The van der Waals surface area contributed by atoms with E-state index in [1.807, 2.05) is 19.2 Å². The summed E-state index contributed by atoms with van der Waals surface area (Å²) in [5.41, 5.74) is 2.05. The van der Waals surface area contributed by atoms with Gasteiger partial charge in [0.15, 0.2) is 5.69 Å². The van der Waals surface area contributed by atoms with Crippen LogP contribution < -0.4 is 4.90 Å². The van der Waals surface area contributed by atoms with E-state index >= 15 is 0 Å². The summed E-state index contributed by atoms with van der Waals surface area (Å²) in [6.45, 7) is 5.36. The fourth-order valence-corrected chi connectivity index (χ4v) is 3.14. The molecule has 3 rings (SSSR count). The third kappa shape index (κ3) is 4.80. The molecule has 0 bridgehead atoms. The van der Waals surface area contributed by atoms with Crippen molar-refractivity contribution in [3.05, 3.63) is 35.7 Å². The number of halogens is 3. The van der Waals surface area contributed by atoms with Gasteiger partial charge in [-0.15, -0.1) is 0 Å². The Morgan fingerprint density at radius 2 is 1.73 bits per heavy atom. The largest absolute Gasteiger partial charge is 0.435 e. The zero-order valence-electron chi connectivity index (χ0n) is 16.0. The summed E-state index contributed by atoms with van der Waals surface area (Å²) in [4.78, 5) is 2.10. The molecule has 0 amide bonds. The van der Waals surface area contributed by atoms with Crippen LogP contribution in [0.2, 0.25) is 0 Å². The Balaban J connectivity index is 0.000000352. The molecular weight excluding hydrogens is 339 g/mol. The summed E-state index contributed by atoms with van der Waals surface area (Å²) >= 11 is 0. The van der Waals surface area contributed by atoms with Crippen LogP contribution >= 0.6 is 0 Å². The summed E-state index contributed by atoms with van der Waals surface area (Å²) in [6.07, 6.45) is 3.38. The fourth-order valence-electron chi connectivity index (χ4n) is 3.14. The monoisotopic (exact) mass is 367 g/mol. The number of nitrogens with zero attached hydrogens (tertiary/aromatic N) is 3. The van der Waals surface area contributed by atoms with Crippen LogP contribution in [-0.4, -0.2) is 23.4 Å². The van der Waals surface area contributed by atoms with Crippen molar-refractivity contribution in [2.45, 2.75) is 52.1 Å². The molecule has 0 spiro atoms. The quantitative estimate of drug-likeness (QED) is 0.648. The minimum absolute atomic E-state index is 0.136. The van der Waals surface area contributed by atoms with Crippen LogP contribution in [-0.2, 0) is 19.6 Å². The van der Waals surface area contributed by atoms with Gasteiger partial charge in [-0.1, -0.05) is 45.6 Å². The second-order valence-corrected chi connectivity index (χ2v) is 6.78. The van der Waals surface area contributed by atoms with Gasteiger partial charge in [0.1, 0.15) is 0 Å². The van der Waals surface area contributed by atoms with Crippen molar-refractivity contribution in [3.8, 4) is 11.1 Å². The van der Waals surface area contributed by atoms with E-state index in [-0.39, 0.29) is 5.56 Å². The third-order valence-electron chi connectivity index (χ3n) is 4.57. The molecule has 0 aliphatic carbocycles. The molecule has 144 valence electrons. The highest BCUT2D eigenvalue weighted by molar-refractivity contribution is 5.72. The maximum absolute atomic E-state index is 13.0. The van der Waals surface area contributed by atoms with Crippen LogP contribution in [0.25, 0.3) is 11.1 Å². The number of benzene rings is 1. The lowest BCUT2D eigenvalue weighted by Gasteiger charge is -2.12. The van der Waals surface area contributed by atoms with Crippen LogP contribution in [0.5, 0.6) is 0 Å². The number of hydrogen-bond acceptors (Lipinski definition) is 2. The number of fused-ring (bicyclic) bond motifs is 1. The highest BCUT2D eigenvalue weighted by Crippen LogP contribution is 2.38. The average Bonchev–Trinajstić information content (AvgIpc) is 3.16. The number of aromatic nitrogens is 2. The zero-order chi connectivity index (χ0) is 19.3. The van der Waals surface area contributed by atoms with Gasteiger partial charge in [0.05, 0.1) is 0 Å². The fraction of sp³-hybridized carbons (Fsp3) is 0.550. The first-order valence-corrected chi connectivity index (χ1v) is 9.23. The van der Waals surface area contributed by atoms with Gasteiger partial charge in [0.2, 0.25) is 0 Å². The first kappa shape index (κ1) is 20.3. The van der Waals surface area contributed by atoms with E-state index < -0.39 is 11.9 Å². The lowest BCUT2D eigenvalue weighted by Crippen LogP contribution is -2.12. The molecule has 0 unspecified atom stereocenters. The summed E-state index contributed by atoms with van der Waals surface area (Å²) in [6, 6.07) is 5.45. The minimum Gasteiger partial charge on any atom is -0.374 e. The number of anilines is 1. The molecule has 0 saturated carbocycles. The molecule has 0 radical (unpaired) electrons. The molecule has 26 heavy (non-hydrogen) atoms. The van der Waals surface area contributed by atoms with E-state index in [4.69, 9.17) is 0 Å². The molecule has 1 aromatic heterocycles. The Labute approximate surface area is 153 Å². The van der Waals surface area contributed by atoms with Crippen molar-refractivity contribution in [2.75, 3.05) is 18.5 Å². The molecule has 0 fully saturated rings. The first-order valence-electron chi connectivity index (χ1n) is 9.23. The highest BCUT2D eigenvalue weighted by Gasteiger charge is 2.37. The van der Waals surface area contributed by atoms with E-state index in [1.54, 1.807) is 6.07 Å². The summed E-state index contributed by atoms with van der Waals surface area (Å²) in [5.74, 6) is 0. The second kappa shape index (κ2) is 8.60. The smallest absolute Gasteiger partial charge is 0.374 e.